The number of aryl methyl sites for hydroxylation is 1. The third-order valence-electron chi connectivity index (χ3n) is 3.27. The minimum atomic E-state index is -0.356. The molecule has 5 nitrogen and oxygen atoms in total. The second-order valence-electron chi connectivity index (χ2n) is 4.61. The number of halogens is 1. The zero-order chi connectivity index (χ0) is 15.4. The quantitative estimate of drug-likeness (QED) is 0.862. The van der Waals surface area contributed by atoms with Gasteiger partial charge in [-0.15, -0.1) is 0 Å². The second-order valence-corrected chi connectivity index (χ2v) is 5.02. The molecule has 0 atom stereocenters. The molecular weight excluding hydrogens is 290 g/mol. The fraction of sp³-hybridized carbons (Fsp3) is 0.333. The molecule has 0 fully saturated rings. The number of rotatable bonds is 5. The molecule has 2 aromatic rings. The van der Waals surface area contributed by atoms with Crippen LogP contribution in [0.2, 0.25) is 5.02 Å². The summed E-state index contributed by atoms with van der Waals surface area (Å²) in [5.41, 5.74) is 3.15. The van der Waals surface area contributed by atoms with Crippen molar-refractivity contribution in [3.05, 3.63) is 46.2 Å². The van der Waals surface area contributed by atoms with E-state index in [0.717, 1.165) is 16.9 Å². The molecule has 6 heteroatoms. The topological polar surface area (TPSA) is 56.1 Å². The van der Waals surface area contributed by atoms with E-state index in [-0.39, 0.29) is 5.97 Å². The number of ether oxygens (including phenoxy) is 1. The van der Waals surface area contributed by atoms with Gasteiger partial charge >= 0.3 is 5.97 Å². The number of esters is 1. The minimum Gasteiger partial charge on any atom is -0.462 e. The Morgan fingerprint density at radius 1 is 1.48 bits per heavy atom. The van der Waals surface area contributed by atoms with E-state index in [1.807, 2.05) is 25.1 Å². The number of hydrogen-bond acceptors (Lipinski definition) is 4. The van der Waals surface area contributed by atoms with Gasteiger partial charge in [-0.1, -0.05) is 17.7 Å². The highest BCUT2D eigenvalue weighted by Crippen LogP contribution is 2.23. The molecule has 0 bridgehead atoms. The molecule has 0 spiro atoms. The van der Waals surface area contributed by atoms with Crippen LogP contribution in [0.15, 0.2) is 24.4 Å². The van der Waals surface area contributed by atoms with Gasteiger partial charge in [0.15, 0.2) is 0 Å². The lowest BCUT2D eigenvalue weighted by molar-refractivity contribution is 0.0525. The van der Waals surface area contributed by atoms with Gasteiger partial charge in [-0.05, 0) is 31.5 Å². The Kier molecular flexibility index (Phi) is 4.85. The van der Waals surface area contributed by atoms with Crippen LogP contribution in [0.5, 0.6) is 0 Å². The van der Waals surface area contributed by atoms with Crippen LogP contribution in [-0.4, -0.2) is 22.4 Å². The molecule has 0 aliphatic rings. The molecule has 21 heavy (non-hydrogen) atoms. The lowest BCUT2D eigenvalue weighted by Crippen LogP contribution is -2.12. The molecule has 1 aromatic heterocycles. The molecule has 1 aromatic carbocycles. The summed E-state index contributed by atoms with van der Waals surface area (Å²) in [4.78, 5) is 11.9. The summed E-state index contributed by atoms with van der Waals surface area (Å²) in [6, 6.07) is 5.67. The van der Waals surface area contributed by atoms with E-state index in [1.54, 1.807) is 18.7 Å². The van der Waals surface area contributed by atoms with E-state index in [4.69, 9.17) is 16.3 Å². The summed E-state index contributed by atoms with van der Waals surface area (Å²) in [7, 11) is 1.80. The van der Waals surface area contributed by atoms with Crippen LogP contribution in [0.25, 0.3) is 0 Å². The van der Waals surface area contributed by atoms with Gasteiger partial charge in [0.05, 0.1) is 25.0 Å². The van der Waals surface area contributed by atoms with Crippen molar-refractivity contribution in [1.82, 2.24) is 9.78 Å². The fourth-order valence-corrected chi connectivity index (χ4v) is 2.20. The van der Waals surface area contributed by atoms with Crippen molar-refractivity contribution in [2.75, 3.05) is 11.9 Å². The number of benzene rings is 1. The van der Waals surface area contributed by atoms with Crippen molar-refractivity contribution in [2.24, 2.45) is 7.05 Å². The van der Waals surface area contributed by atoms with Crippen LogP contribution in [0.3, 0.4) is 0 Å². The Balaban J connectivity index is 2.18. The molecular formula is C15H18ClN3O2. The van der Waals surface area contributed by atoms with E-state index < -0.39 is 0 Å². The van der Waals surface area contributed by atoms with Crippen molar-refractivity contribution in [1.29, 1.82) is 0 Å². The third kappa shape index (κ3) is 3.36. The Hall–Kier alpha value is -2.01. The predicted molar refractivity (Wildman–Crippen MR) is 82.7 cm³/mol. The highest BCUT2D eigenvalue weighted by atomic mass is 35.5. The van der Waals surface area contributed by atoms with Crippen LogP contribution < -0.4 is 5.32 Å². The maximum Gasteiger partial charge on any atom is 0.341 e. The fourth-order valence-electron chi connectivity index (χ4n) is 2.03. The standard InChI is InChI=1S/C15H18ClN3O2/c1-4-21-15(20)11-8-18-19(3)14(11)9-17-13-7-5-6-12(16)10(13)2/h5-8,17H,4,9H2,1-3H3. The van der Waals surface area contributed by atoms with E-state index in [1.165, 1.54) is 6.20 Å². The molecule has 1 N–H and O–H groups in total. The molecule has 1 heterocycles. The maximum absolute atomic E-state index is 11.9. The van der Waals surface area contributed by atoms with Gasteiger partial charge in [0.1, 0.15) is 5.56 Å². The van der Waals surface area contributed by atoms with Gasteiger partial charge in [0, 0.05) is 17.8 Å². The lowest BCUT2D eigenvalue weighted by atomic mass is 10.2. The minimum absolute atomic E-state index is 0.341. The molecule has 2 rings (SSSR count). The van der Waals surface area contributed by atoms with Crippen molar-refractivity contribution < 1.29 is 9.53 Å². The highest BCUT2D eigenvalue weighted by molar-refractivity contribution is 6.31. The number of anilines is 1. The number of hydrogen-bond donors (Lipinski definition) is 1. The molecule has 0 radical (unpaired) electrons. The first-order valence-electron chi connectivity index (χ1n) is 6.71. The van der Waals surface area contributed by atoms with Crippen LogP contribution in [0, 0.1) is 6.92 Å². The van der Waals surface area contributed by atoms with Crippen molar-refractivity contribution >= 4 is 23.3 Å². The molecule has 0 aliphatic carbocycles. The summed E-state index contributed by atoms with van der Waals surface area (Å²) in [6.07, 6.45) is 1.53. The summed E-state index contributed by atoms with van der Waals surface area (Å²) in [6.45, 7) is 4.53. The zero-order valence-corrected chi connectivity index (χ0v) is 13.1. The third-order valence-corrected chi connectivity index (χ3v) is 3.68. The molecule has 0 aliphatic heterocycles. The maximum atomic E-state index is 11.9. The number of carbonyl (C=O) groups is 1. The van der Waals surface area contributed by atoms with Gasteiger partial charge < -0.3 is 10.1 Å². The lowest BCUT2D eigenvalue weighted by Gasteiger charge is -2.12. The number of nitrogens with one attached hydrogen (secondary N) is 1. The van der Waals surface area contributed by atoms with E-state index >= 15 is 0 Å². The summed E-state index contributed by atoms with van der Waals surface area (Å²) < 4.78 is 6.70. The average molecular weight is 308 g/mol. The zero-order valence-electron chi connectivity index (χ0n) is 12.3. The van der Waals surface area contributed by atoms with E-state index in [9.17, 15) is 4.79 Å². The number of carbonyl (C=O) groups excluding carboxylic acids is 1. The second kappa shape index (κ2) is 6.63. The molecule has 0 saturated carbocycles. The largest absolute Gasteiger partial charge is 0.462 e. The van der Waals surface area contributed by atoms with Crippen LogP contribution in [0.4, 0.5) is 5.69 Å². The van der Waals surface area contributed by atoms with Crippen LogP contribution in [-0.2, 0) is 18.3 Å². The van der Waals surface area contributed by atoms with Crippen LogP contribution >= 0.6 is 11.6 Å². The normalized spacial score (nSPS) is 10.5. The molecule has 0 amide bonds. The predicted octanol–water partition coefficient (Wildman–Crippen LogP) is 3.17. The first-order chi connectivity index (χ1) is 10.0. The Labute approximate surface area is 128 Å². The Morgan fingerprint density at radius 3 is 2.95 bits per heavy atom. The van der Waals surface area contributed by atoms with E-state index in [2.05, 4.69) is 10.4 Å². The SMILES string of the molecule is CCOC(=O)c1cnn(C)c1CNc1cccc(Cl)c1C. The van der Waals surface area contributed by atoms with Gasteiger partial charge in [0.25, 0.3) is 0 Å². The summed E-state index contributed by atoms with van der Waals surface area (Å²) in [5.74, 6) is -0.356. The molecule has 0 unspecified atom stereocenters. The highest BCUT2D eigenvalue weighted by Gasteiger charge is 2.17. The Bertz CT molecular complexity index is 652. The first-order valence-corrected chi connectivity index (χ1v) is 7.09. The van der Waals surface area contributed by atoms with Gasteiger partial charge in [-0.25, -0.2) is 4.79 Å². The smallest absolute Gasteiger partial charge is 0.341 e. The van der Waals surface area contributed by atoms with Crippen molar-refractivity contribution in [2.45, 2.75) is 20.4 Å². The molecule has 0 saturated heterocycles. The van der Waals surface area contributed by atoms with Gasteiger partial charge in [-0.3, -0.25) is 4.68 Å². The van der Waals surface area contributed by atoms with Crippen molar-refractivity contribution in [3.8, 4) is 0 Å². The van der Waals surface area contributed by atoms with Gasteiger partial charge in [-0.2, -0.15) is 5.10 Å². The van der Waals surface area contributed by atoms with Crippen LogP contribution in [0.1, 0.15) is 28.5 Å². The van der Waals surface area contributed by atoms with Gasteiger partial charge in [0.2, 0.25) is 0 Å². The molecule has 112 valence electrons. The average Bonchev–Trinajstić information content (AvgIpc) is 2.82. The number of nitrogens with zero attached hydrogens (tertiary/aromatic N) is 2. The van der Waals surface area contributed by atoms with E-state index in [0.29, 0.717) is 23.7 Å². The Morgan fingerprint density at radius 2 is 2.24 bits per heavy atom. The number of aromatic nitrogens is 2. The monoisotopic (exact) mass is 307 g/mol. The first kappa shape index (κ1) is 15.4. The summed E-state index contributed by atoms with van der Waals surface area (Å²) >= 11 is 6.10. The van der Waals surface area contributed by atoms with Crippen molar-refractivity contribution in [3.63, 3.8) is 0 Å². The summed E-state index contributed by atoms with van der Waals surface area (Å²) in [5, 5.41) is 8.11.